The summed E-state index contributed by atoms with van der Waals surface area (Å²) in [6, 6.07) is 2.18. The normalized spacial score (nSPS) is 16.8. The second-order valence-corrected chi connectivity index (χ2v) is 4.15. The third-order valence-electron chi connectivity index (χ3n) is 2.83. The van der Waals surface area contributed by atoms with Crippen LogP contribution >= 0.6 is 0 Å². The molecule has 5 heteroatoms. The van der Waals surface area contributed by atoms with Crippen molar-refractivity contribution < 1.29 is 9.53 Å². The van der Waals surface area contributed by atoms with Gasteiger partial charge in [0, 0.05) is 19.3 Å². The lowest BCUT2D eigenvalue weighted by Gasteiger charge is -2.24. The van der Waals surface area contributed by atoms with Crippen molar-refractivity contribution in [3.63, 3.8) is 0 Å². The smallest absolute Gasteiger partial charge is 0.248 e. The lowest BCUT2D eigenvalue weighted by molar-refractivity contribution is -0.111. The number of aryl methyl sites for hydroxylation is 1. The fourth-order valence-electron chi connectivity index (χ4n) is 2.00. The average molecular weight is 235 g/mol. The summed E-state index contributed by atoms with van der Waals surface area (Å²) in [4.78, 5) is 11.3. The number of amides is 1. The Balaban J connectivity index is 2.19. The highest BCUT2D eigenvalue weighted by Gasteiger charge is 2.20. The largest absolute Gasteiger partial charge is 0.381 e. The molecule has 1 saturated heterocycles. The molecule has 1 aromatic rings. The number of ether oxygens (including phenoxy) is 1. The number of hydrogen-bond acceptors (Lipinski definition) is 3. The van der Waals surface area contributed by atoms with Crippen LogP contribution in [0.15, 0.2) is 18.7 Å². The molecule has 0 aliphatic carbocycles. The molecule has 17 heavy (non-hydrogen) atoms. The molecule has 1 N–H and O–H groups in total. The highest BCUT2D eigenvalue weighted by molar-refractivity contribution is 5.98. The number of carbonyl (C=O) groups excluding carboxylic acids is 1. The van der Waals surface area contributed by atoms with E-state index in [1.165, 1.54) is 6.08 Å². The summed E-state index contributed by atoms with van der Waals surface area (Å²) >= 11 is 0. The Morgan fingerprint density at radius 1 is 1.65 bits per heavy atom. The van der Waals surface area contributed by atoms with Crippen LogP contribution in [0.5, 0.6) is 0 Å². The van der Waals surface area contributed by atoms with E-state index < -0.39 is 0 Å². The van der Waals surface area contributed by atoms with Crippen molar-refractivity contribution in [1.82, 2.24) is 9.78 Å². The zero-order chi connectivity index (χ0) is 12.3. The molecule has 0 saturated carbocycles. The zero-order valence-corrected chi connectivity index (χ0v) is 9.98. The Hall–Kier alpha value is -1.62. The number of rotatable bonds is 3. The number of nitrogens with one attached hydrogen (secondary N) is 1. The van der Waals surface area contributed by atoms with E-state index in [9.17, 15) is 4.79 Å². The van der Waals surface area contributed by atoms with Crippen LogP contribution in [0.1, 0.15) is 24.6 Å². The van der Waals surface area contributed by atoms with Gasteiger partial charge in [-0.25, -0.2) is 4.68 Å². The van der Waals surface area contributed by atoms with Crippen molar-refractivity contribution in [2.45, 2.75) is 25.8 Å². The summed E-state index contributed by atoms with van der Waals surface area (Å²) < 4.78 is 7.21. The minimum absolute atomic E-state index is 0.210. The molecule has 1 aromatic heterocycles. The number of carbonyl (C=O) groups is 1. The second-order valence-electron chi connectivity index (χ2n) is 4.15. The van der Waals surface area contributed by atoms with Gasteiger partial charge in [-0.2, -0.15) is 5.10 Å². The van der Waals surface area contributed by atoms with E-state index in [2.05, 4.69) is 17.0 Å². The summed E-state index contributed by atoms with van der Waals surface area (Å²) in [5.74, 6) is 0.525. The molecule has 5 nitrogen and oxygen atoms in total. The fourth-order valence-corrected chi connectivity index (χ4v) is 2.00. The molecule has 1 aliphatic rings. The maximum Gasteiger partial charge on any atom is 0.248 e. The van der Waals surface area contributed by atoms with Gasteiger partial charge in [-0.3, -0.25) is 4.79 Å². The summed E-state index contributed by atoms with van der Waals surface area (Å²) in [5, 5.41) is 7.21. The molecule has 0 aromatic carbocycles. The molecule has 0 bridgehead atoms. The van der Waals surface area contributed by atoms with Crippen molar-refractivity contribution in [2.75, 3.05) is 18.5 Å². The first kappa shape index (κ1) is 11.9. The van der Waals surface area contributed by atoms with Crippen LogP contribution in [0, 0.1) is 6.92 Å². The van der Waals surface area contributed by atoms with E-state index in [4.69, 9.17) is 4.74 Å². The fraction of sp³-hybridized carbons (Fsp3) is 0.500. The van der Waals surface area contributed by atoms with Crippen molar-refractivity contribution in [3.05, 3.63) is 24.4 Å². The van der Waals surface area contributed by atoms with Crippen molar-refractivity contribution >= 4 is 11.7 Å². The van der Waals surface area contributed by atoms with Gasteiger partial charge in [0.05, 0.1) is 11.7 Å². The molecule has 0 radical (unpaired) electrons. The van der Waals surface area contributed by atoms with Gasteiger partial charge >= 0.3 is 0 Å². The van der Waals surface area contributed by atoms with Crippen LogP contribution < -0.4 is 5.32 Å². The molecular weight excluding hydrogens is 218 g/mol. The molecular formula is C12H17N3O2. The lowest BCUT2D eigenvalue weighted by atomic mass is 10.1. The topological polar surface area (TPSA) is 56.2 Å². The summed E-state index contributed by atoms with van der Waals surface area (Å²) in [6.07, 6.45) is 3.12. The van der Waals surface area contributed by atoms with Crippen LogP contribution in [0.25, 0.3) is 0 Å². The third-order valence-corrected chi connectivity index (χ3v) is 2.83. The van der Waals surface area contributed by atoms with Gasteiger partial charge in [-0.15, -0.1) is 0 Å². The lowest BCUT2D eigenvalue weighted by Crippen LogP contribution is -2.23. The van der Waals surface area contributed by atoms with Gasteiger partial charge < -0.3 is 10.1 Å². The number of anilines is 1. The number of hydrogen-bond donors (Lipinski definition) is 1. The van der Waals surface area contributed by atoms with Crippen molar-refractivity contribution in [3.8, 4) is 0 Å². The maximum absolute atomic E-state index is 11.3. The van der Waals surface area contributed by atoms with Crippen LogP contribution in [-0.4, -0.2) is 28.9 Å². The van der Waals surface area contributed by atoms with Crippen molar-refractivity contribution in [2.24, 2.45) is 0 Å². The first-order valence-corrected chi connectivity index (χ1v) is 5.78. The Bertz CT molecular complexity index is 419. The maximum atomic E-state index is 11.3. The van der Waals surface area contributed by atoms with E-state index in [0.29, 0.717) is 6.04 Å². The Labute approximate surface area is 100 Å². The minimum atomic E-state index is -0.210. The van der Waals surface area contributed by atoms with E-state index in [0.717, 1.165) is 37.6 Å². The molecule has 2 rings (SSSR count). The molecule has 2 heterocycles. The van der Waals surface area contributed by atoms with Gasteiger partial charge in [-0.05, 0) is 25.8 Å². The standard InChI is InChI=1S/C12H17N3O2/c1-3-12(16)13-11-8-9(2)14-15(11)10-4-6-17-7-5-10/h3,8,10H,1,4-7H2,2H3,(H,13,16). The monoisotopic (exact) mass is 235 g/mol. The van der Waals surface area contributed by atoms with E-state index >= 15 is 0 Å². The molecule has 0 unspecified atom stereocenters. The Morgan fingerprint density at radius 3 is 3.00 bits per heavy atom. The van der Waals surface area contributed by atoms with Gasteiger partial charge in [0.1, 0.15) is 5.82 Å². The molecule has 0 spiro atoms. The first-order valence-electron chi connectivity index (χ1n) is 5.78. The van der Waals surface area contributed by atoms with Gasteiger partial charge in [0.2, 0.25) is 5.91 Å². The minimum Gasteiger partial charge on any atom is -0.381 e. The highest BCUT2D eigenvalue weighted by Crippen LogP contribution is 2.25. The predicted molar refractivity (Wildman–Crippen MR) is 64.9 cm³/mol. The molecule has 1 amide bonds. The quantitative estimate of drug-likeness (QED) is 0.811. The third kappa shape index (κ3) is 2.74. The zero-order valence-electron chi connectivity index (χ0n) is 9.98. The number of aromatic nitrogens is 2. The Morgan fingerprint density at radius 2 is 2.35 bits per heavy atom. The van der Waals surface area contributed by atoms with Gasteiger partial charge in [0.15, 0.2) is 0 Å². The SMILES string of the molecule is C=CC(=O)Nc1cc(C)nn1C1CCOCC1. The second kappa shape index (κ2) is 5.14. The van der Waals surface area contributed by atoms with Crippen LogP contribution in [0.4, 0.5) is 5.82 Å². The summed E-state index contributed by atoms with van der Waals surface area (Å²) in [6.45, 7) is 6.86. The first-order chi connectivity index (χ1) is 8.20. The molecule has 92 valence electrons. The van der Waals surface area contributed by atoms with Gasteiger partial charge in [0.25, 0.3) is 0 Å². The summed E-state index contributed by atoms with van der Waals surface area (Å²) in [7, 11) is 0. The van der Waals surface area contributed by atoms with Crippen LogP contribution in [0.2, 0.25) is 0 Å². The predicted octanol–water partition coefficient (Wildman–Crippen LogP) is 1.67. The van der Waals surface area contributed by atoms with Crippen LogP contribution in [0.3, 0.4) is 0 Å². The number of nitrogens with zero attached hydrogens (tertiary/aromatic N) is 2. The molecule has 0 atom stereocenters. The molecule has 1 fully saturated rings. The Kier molecular flexibility index (Phi) is 3.58. The molecule has 1 aliphatic heterocycles. The highest BCUT2D eigenvalue weighted by atomic mass is 16.5. The van der Waals surface area contributed by atoms with E-state index in [-0.39, 0.29) is 5.91 Å². The van der Waals surface area contributed by atoms with E-state index in [1.807, 2.05) is 17.7 Å². The van der Waals surface area contributed by atoms with Crippen LogP contribution in [-0.2, 0) is 9.53 Å². The average Bonchev–Trinajstić information content (AvgIpc) is 2.71. The summed E-state index contributed by atoms with van der Waals surface area (Å²) in [5.41, 5.74) is 0.899. The van der Waals surface area contributed by atoms with Crippen molar-refractivity contribution in [1.29, 1.82) is 0 Å². The van der Waals surface area contributed by atoms with Gasteiger partial charge in [-0.1, -0.05) is 6.58 Å². The van der Waals surface area contributed by atoms with E-state index in [1.54, 1.807) is 0 Å².